The first kappa shape index (κ1) is 13.3. The number of carboxylic acid groups (broad SMARTS) is 1. The number of nitrogens with zero attached hydrogens (tertiary/aromatic N) is 2. The van der Waals surface area contributed by atoms with Gasteiger partial charge in [0, 0.05) is 17.6 Å². The van der Waals surface area contributed by atoms with E-state index in [9.17, 15) is 9.35 Å². The lowest BCUT2D eigenvalue weighted by molar-refractivity contribution is 0.0696. The number of rotatable bonds is 3. The number of carbonyl (C=O) groups is 1. The molecule has 6 heteroatoms. The van der Waals surface area contributed by atoms with Gasteiger partial charge in [0.2, 0.25) is 0 Å². The van der Waals surface area contributed by atoms with Crippen molar-refractivity contribution >= 4 is 17.3 Å². The lowest BCUT2D eigenvalue weighted by atomic mass is 10.2. The van der Waals surface area contributed by atoms with Gasteiger partial charge in [0.25, 0.3) is 0 Å². The fourth-order valence-corrected chi connectivity index (χ4v) is 2.95. The van der Waals surface area contributed by atoms with Crippen molar-refractivity contribution < 1.29 is 14.5 Å². The number of hydrogen-bond acceptors (Lipinski definition) is 4. The van der Waals surface area contributed by atoms with Crippen LogP contribution in [0, 0.1) is 0 Å². The highest BCUT2D eigenvalue weighted by Gasteiger charge is 2.50. The van der Waals surface area contributed by atoms with E-state index in [1.807, 2.05) is 25.1 Å². The number of carboxylic acids is 1. The van der Waals surface area contributed by atoms with Crippen LogP contribution in [-0.4, -0.2) is 36.2 Å². The summed E-state index contributed by atoms with van der Waals surface area (Å²) in [6, 6.07) is 3.27. The van der Waals surface area contributed by atoms with Gasteiger partial charge in [0.1, 0.15) is 10.8 Å². The fourth-order valence-electron chi connectivity index (χ4n) is 1.63. The highest BCUT2D eigenvalue weighted by Crippen LogP contribution is 2.40. The molecule has 1 N–H and O–H groups in total. The fraction of sp³-hybridized carbons (Fsp3) is 0.500. The van der Waals surface area contributed by atoms with Crippen molar-refractivity contribution in [3.8, 4) is 0 Å². The Morgan fingerprint density at radius 2 is 2.22 bits per heavy atom. The molecule has 0 aromatic carbocycles. The molecule has 1 fully saturated rings. The average molecular weight is 268 g/mol. The molecule has 1 aliphatic heterocycles. The third-order valence-corrected chi connectivity index (χ3v) is 4.56. The van der Waals surface area contributed by atoms with Gasteiger partial charge in [0.15, 0.2) is 0 Å². The van der Waals surface area contributed by atoms with E-state index in [-0.39, 0.29) is 16.4 Å². The molecular weight excluding hydrogens is 252 g/mol. The summed E-state index contributed by atoms with van der Waals surface area (Å²) >= 11 is -1.05. The standard InChI is InChI=1S/C12H16N2O3S/c1-12(2,3)18(17)14-7-10(14)9-5-4-8(6-13-9)11(15)16/h4-6,10H,7H2,1-3H3,(H,15,16)/t10-,14?,18?/m0/s1. The smallest absolute Gasteiger partial charge is 0.337 e. The maximum Gasteiger partial charge on any atom is 0.337 e. The molecule has 1 aliphatic rings. The molecule has 0 saturated carbocycles. The van der Waals surface area contributed by atoms with Crippen molar-refractivity contribution in [2.24, 2.45) is 0 Å². The van der Waals surface area contributed by atoms with E-state index < -0.39 is 17.3 Å². The van der Waals surface area contributed by atoms with Crippen molar-refractivity contribution in [1.29, 1.82) is 0 Å². The first-order valence-corrected chi connectivity index (χ1v) is 6.79. The van der Waals surface area contributed by atoms with Crippen LogP contribution in [0.3, 0.4) is 0 Å². The van der Waals surface area contributed by atoms with Crippen LogP contribution >= 0.6 is 0 Å². The van der Waals surface area contributed by atoms with E-state index in [1.54, 1.807) is 6.07 Å². The molecule has 0 amide bonds. The highest BCUT2D eigenvalue weighted by molar-refractivity contribution is 7.90. The molecule has 0 bridgehead atoms. The summed E-state index contributed by atoms with van der Waals surface area (Å²) < 4.78 is 13.7. The number of aromatic carboxylic acids is 1. The zero-order valence-corrected chi connectivity index (χ0v) is 11.4. The van der Waals surface area contributed by atoms with Crippen LogP contribution in [0.4, 0.5) is 0 Å². The predicted octanol–water partition coefficient (Wildman–Crippen LogP) is 1.60. The molecule has 18 heavy (non-hydrogen) atoms. The zero-order valence-electron chi connectivity index (χ0n) is 10.6. The van der Waals surface area contributed by atoms with E-state index in [1.165, 1.54) is 12.3 Å². The van der Waals surface area contributed by atoms with Gasteiger partial charge in [-0.15, -0.1) is 4.31 Å². The van der Waals surface area contributed by atoms with Gasteiger partial charge in [-0.3, -0.25) is 4.98 Å². The largest absolute Gasteiger partial charge is 0.597 e. The Labute approximate surface area is 109 Å². The maximum absolute atomic E-state index is 12.1. The van der Waals surface area contributed by atoms with Crippen LogP contribution in [0.1, 0.15) is 42.9 Å². The third kappa shape index (κ3) is 2.66. The minimum atomic E-state index is -1.05. The quantitative estimate of drug-likeness (QED) is 0.665. The molecule has 1 aromatic heterocycles. The van der Waals surface area contributed by atoms with E-state index in [4.69, 9.17) is 5.11 Å². The van der Waals surface area contributed by atoms with Crippen LogP contribution in [0.15, 0.2) is 18.3 Å². The van der Waals surface area contributed by atoms with Crippen molar-refractivity contribution in [3.63, 3.8) is 0 Å². The highest BCUT2D eigenvalue weighted by atomic mass is 32.2. The second kappa shape index (κ2) is 4.53. The first-order chi connectivity index (χ1) is 8.30. The number of aromatic nitrogens is 1. The molecule has 5 nitrogen and oxygen atoms in total. The summed E-state index contributed by atoms with van der Waals surface area (Å²) in [7, 11) is 0. The maximum atomic E-state index is 12.1. The molecule has 3 atom stereocenters. The minimum Gasteiger partial charge on any atom is -0.597 e. The topological polar surface area (TPSA) is 76.3 Å². The van der Waals surface area contributed by atoms with Crippen LogP contribution < -0.4 is 0 Å². The van der Waals surface area contributed by atoms with Gasteiger partial charge in [-0.25, -0.2) is 4.79 Å². The van der Waals surface area contributed by atoms with Crippen LogP contribution in [-0.2, 0) is 11.4 Å². The Bertz CT molecular complexity index is 455. The second-order valence-corrected chi connectivity index (χ2v) is 7.45. The Hall–Kier alpha value is -1.11. The van der Waals surface area contributed by atoms with Gasteiger partial charge < -0.3 is 9.66 Å². The zero-order chi connectivity index (χ0) is 13.5. The molecule has 0 spiro atoms. The summed E-state index contributed by atoms with van der Waals surface area (Å²) in [5.74, 6) is -0.986. The molecule has 2 heterocycles. The summed E-state index contributed by atoms with van der Waals surface area (Å²) in [6.45, 7) is 6.50. The molecule has 2 unspecified atom stereocenters. The summed E-state index contributed by atoms with van der Waals surface area (Å²) in [6.07, 6.45) is 1.34. The third-order valence-electron chi connectivity index (χ3n) is 2.68. The van der Waals surface area contributed by atoms with Crippen molar-refractivity contribution in [3.05, 3.63) is 29.6 Å². The lowest BCUT2D eigenvalue weighted by Crippen LogP contribution is -2.33. The summed E-state index contributed by atoms with van der Waals surface area (Å²) in [5, 5.41) is 8.78. The van der Waals surface area contributed by atoms with Gasteiger partial charge >= 0.3 is 5.97 Å². The van der Waals surface area contributed by atoms with E-state index in [0.29, 0.717) is 6.54 Å². The van der Waals surface area contributed by atoms with Gasteiger partial charge in [0.05, 0.1) is 17.8 Å². The molecule has 98 valence electrons. The SMILES string of the molecule is CC(C)(C)[S+]([O-])N1C[C@H]1c1ccc(C(=O)O)cn1. The minimum absolute atomic E-state index is 0.0490. The first-order valence-electron chi connectivity index (χ1n) is 5.68. The van der Waals surface area contributed by atoms with E-state index >= 15 is 0 Å². The van der Waals surface area contributed by atoms with Gasteiger partial charge in [-0.1, -0.05) is 0 Å². The molecule has 0 radical (unpaired) electrons. The second-order valence-electron chi connectivity index (χ2n) is 5.25. The van der Waals surface area contributed by atoms with Crippen molar-refractivity contribution in [2.75, 3.05) is 6.54 Å². The summed E-state index contributed by atoms with van der Waals surface area (Å²) in [4.78, 5) is 14.8. The normalized spacial score (nSPS) is 24.7. The molecule has 1 aromatic rings. The summed E-state index contributed by atoms with van der Waals surface area (Å²) in [5.41, 5.74) is 0.945. The lowest BCUT2D eigenvalue weighted by Gasteiger charge is -2.24. The van der Waals surface area contributed by atoms with E-state index in [2.05, 4.69) is 4.98 Å². The van der Waals surface area contributed by atoms with Crippen LogP contribution in [0.2, 0.25) is 0 Å². The van der Waals surface area contributed by atoms with Gasteiger partial charge in [-0.05, 0) is 32.9 Å². The van der Waals surface area contributed by atoms with Crippen molar-refractivity contribution in [1.82, 2.24) is 9.29 Å². The van der Waals surface area contributed by atoms with Crippen LogP contribution in [0.25, 0.3) is 0 Å². The molecular formula is C12H16N2O3S. The average Bonchev–Trinajstić information content (AvgIpc) is 3.06. The van der Waals surface area contributed by atoms with Crippen molar-refractivity contribution in [2.45, 2.75) is 31.6 Å². The van der Waals surface area contributed by atoms with E-state index in [0.717, 1.165) is 5.69 Å². The molecule has 0 aliphatic carbocycles. The Kier molecular flexibility index (Phi) is 3.35. The Morgan fingerprint density at radius 1 is 1.56 bits per heavy atom. The number of pyridine rings is 1. The Morgan fingerprint density at radius 3 is 2.67 bits per heavy atom. The predicted molar refractivity (Wildman–Crippen MR) is 68.5 cm³/mol. The van der Waals surface area contributed by atoms with Gasteiger partial charge in [-0.2, -0.15) is 0 Å². The number of hydrogen-bond donors (Lipinski definition) is 1. The Balaban J connectivity index is 2.06. The van der Waals surface area contributed by atoms with Crippen LogP contribution in [0.5, 0.6) is 0 Å². The monoisotopic (exact) mass is 268 g/mol. The molecule has 1 saturated heterocycles. The molecule has 2 rings (SSSR count).